The van der Waals surface area contributed by atoms with Crippen LogP contribution in [0.3, 0.4) is 0 Å². The first kappa shape index (κ1) is 18.8. The van der Waals surface area contributed by atoms with E-state index < -0.39 is 0 Å². The van der Waals surface area contributed by atoms with Crippen LogP contribution in [0.15, 0.2) is 30.5 Å². The molecule has 1 saturated heterocycles. The van der Waals surface area contributed by atoms with Gasteiger partial charge in [0.2, 0.25) is 0 Å². The van der Waals surface area contributed by atoms with Crippen LogP contribution >= 0.6 is 11.6 Å². The number of hydrogen-bond acceptors (Lipinski definition) is 5. The van der Waals surface area contributed by atoms with Crippen molar-refractivity contribution in [2.24, 2.45) is 0 Å². The molecule has 0 aliphatic carbocycles. The Bertz CT molecular complexity index is 1150. The highest BCUT2D eigenvalue weighted by Crippen LogP contribution is 2.32. The molecule has 154 valence electrons. The SMILES string of the molecule is O=C1NCCn2c(-c3ccc(Cl)c(NC(=O)N4CCNCC4)c3)nc3nccc1c32. The topological polar surface area (TPSA) is 104 Å². The van der Waals surface area contributed by atoms with Crippen molar-refractivity contribution < 1.29 is 9.59 Å². The third-order valence-corrected chi connectivity index (χ3v) is 5.71. The molecule has 2 aliphatic heterocycles. The lowest BCUT2D eigenvalue weighted by Crippen LogP contribution is -2.48. The van der Waals surface area contributed by atoms with Gasteiger partial charge in [0, 0.05) is 51.0 Å². The van der Waals surface area contributed by atoms with Crippen molar-refractivity contribution in [2.75, 3.05) is 38.0 Å². The first-order chi connectivity index (χ1) is 14.6. The minimum absolute atomic E-state index is 0.132. The average molecular weight is 426 g/mol. The molecule has 3 aromatic rings. The number of hydrogen-bond donors (Lipinski definition) is 3. The minimum atomic E-state index is -0.180. The van der Waals surface area contributed by atoms with Gasteiger partial charge in [0.1, 0.15) is 11.3 Å². The number of rotatable bonds is 2. The molecule has 0 atom stereocenters. The summed E-state index contributed by atoms with van der Waals surface area (Å²) in [4.78, 5) is 35.7. The Morgan fingerprint density at radius 2 is 1.97 bits per heavy atom. The Kier molecular flexibility index (Phi) is 4.76. The third-order valence-electron chi connectivity index (χ3n) is 5.38. The number of aromatic nitrogens is 3. The van der Waals surface area contributed by atoms with Crippen molar-refractivity contribution in [3.63, 3.8) is 0 Å². The Labute approximate surface area is 177 Å². The summed E-state index contributed by atoms with van der Waals surface area (Å²) in [5.41, 5.74) is 3.09. The van der Waals surface area contributed by atoms with Crippen molar-refractivity contribution in [1.82, 2.24) is 30.1 Å². The number of halogens is 1. The normalized spacial score (nSPS) is 16.3. The first-order valence-corrected chi connectivity index (χ1v) is 10.2. The van der Waals surface area contributed by atoms with E-state index >= 15 is 0 Å². The van der Waals surface area contributed by atoms with Crippen molar-refractivity contribution in [2.45, 2.75) is 6.54 Å². The van der Waals surface area contributed by atoms with Crippen LogP contribution in [-0.4, -0.2) is 64.1 Å². The number of nitrogens with zero attached hydrogens (tertiary/aromatic N) is 4. The van der Waals surface area contributed by atoms with Gasteiger partial charge < -0.3 is 25.4 Å². The van der Waals surface area contributed by atoms with Gasteiger partial charge in [0.05, 0.1) is 16.3 Å². The lowest BCUT2D eigenvalue weighted by Gasteiger charge is -2.27. The van der Waals surface area contributed by atoms with E-state index in [1.807, 2.05) is 16.7 Å². The van der Waals surface area contributed by atoms with E-state index in [0.717, 1.165) is 18.7 Å². The number of piperazine rings is 1. The van der Waals surface area contributed by atoms with E-state index in [1.54, 1.807) is 23.2 Å². The number of carbonyl (C=O) groups is 2. The van der Waals surface area contributed by atoms with E-state index in [1.165, 1.54) is 0 Å². The molecule has 5 rings (SSSR count). The van der Waals surface area contributed by atoms with Gasteiger partial charge in [-0.05, 0) is 24.3 Å². The summed E-state index contributed by atoms with van der Waals surface area (Å²) in [6.45, 7) is 3.90. The van der Waals surface area contributed by atoms with E-state index in [-0.39, 0.29) is 11.9 Å². The van der Waals surface area contributed by atoms with Crippen LogP contribution < -0.4 is 16.0 Å². The molecule has 0 unspecified atom stereocenters. The summed E-state index contributed by atoms with van der Waals surface area (Å²) in [7, 11) is 0. The second-order valence-corrected chi connectivity index (χ2v) is 7.64. The Balaban J connectivity index is 1.53. The number of nitrogens with one attached hydrogen (secondary N) is 3. The van der Waals surface area contributed by atoms with Gasteiger partial charge in [0.15, 0.2) is 5.65 Å². The second kappa shape index (κ2) is 7.58. The molecule has 1 aromatic carbocycles. The average Bonchev–Trinajstić information content (AvgIpc) is 3.05. The van der Waals surface area contributed by atoms with Crippen LogP contribution in [-0.2, 0) is 6.54 Å². The molecule has 9 nitrogen and oxygen atoms in total. The van der Waals surface area contributed by atoms with Crippen LogP contribution in [0.2, 0.25) is 5.02 Å². The summed E-state index contributed by atoms with van der Waals surface area (Å²) in [6, 6.07) is 6.93. The molecule has 1 fully saturated rings. The molecule has 3 amide bonds. The maximum atomic E-state index is 12.6. The quantitative estimate of drug-likeness (QED) is 0.582. The Morgan fingerprint density at radius 1 is 1.13 bits per heavy atom. The smallest absolute Gasteiger partial charge is 0.321 e. The predicted octanol–water partition coefficient (Wildman–Crippen LogP) is 1.93. The van der Waals surface area contributed by atoms with Gasteiger partial charge in [-0.15, -0.1) is 0 Å². The summed E-state index contributed by atoms with van der Waals surface area (Å²) in [6.07, 6.45) is 1.59. The lowest BCUT2D eigenvalue weighted by atomic mass is 10.2. The van der Waals surface area contributed by atoms with Crippen molar-refractivity contribution in [3.8, 4) is 11.4 Å². The fourth-order valence-corrected chi connectivity index (χ4v) is 4.04. The fraction of sp³-hybridized carbons (Fsp3) is 0.300. The summed E-state index contributed by atoms with van der Waals surface area (Å²) < 4.78 is 1.99. The number of anilines is 1. The number of imidazole rings is 1. The fourth-order valence-electron chi connectivity index (χ4n) is 3.88. The van der Waals surface area contributed by atoms with E-state index in [0.29, 0.717) is 59.4 Å². The molecular weight excluding hydrogens is 406 g/mol. The molecule has 0 bridgehead atoms. The highest BCUT2D eigenvalue weighted by atomic mass is 35.5. The number of benzene rings is 1. The summed E-state index contributed by atoms with van der Waals surface area (Å²) >= 11 is 6.36. The maximum absolute atomic E-state index is 12.6. The zero-order valence-electron chi connectivity index (χ0n) is 16.1. The van der Waals surface area contributed by atoms with Gasteiger partial charge in [0.25, 0.3) is 5.91 Å². The largest absolute Gasteiger partial charge is 0.350 e. The van der Waals surface area contributed by atoms with Crippen LogP contribution in [0.1, 0.15) is 10.4 Å². The molecule has 30 heavy (non-hydrogen) atoms. The molecule has 10 heteroatoms. The molecular formula is C20H20ClN7O2. The van der Waals surface area contributed by atoms with Crippen molar-refractivity contribution in [3.05, 3.63) is 41.0 Å². The molecule has 3 N–H and O–H groups in total. The molecule has 2 aromatic heterocycles. The Hall–Kier alpha value is -3.17. The maximum Gasteiger partial charge on any atom is 0.321 e. The van der Waals surface area contributed by atoms with Gasteiger partial charge in [-0.25, -0.2) is 14.8 Å². The standard InChI is InChI=1S/C20H20ClN7O2/c21-14-2-1-12(11-15(14)25-20(30)27-8-5-22-6-9-27)18-26-17-16-13(3-4-23-17)19(29)24-7-10-28(16)18/h1-4,11,22H,5-10H2,(H,24,29)(H,25,30). The van der Waals surface area contributed by atoms with Crippen molar-refractivity contribution in [1.29, 1.82) is 0 Å². The van der Waals surface area contributed by atoms with Crippen LogP contribution in [0.5, 0.6) is 0 Å². The van der Waals surface area contributed by atoms with Crippen LogP contribution in [0, 0.1) is 0 Å². The third kappa shape index (κ3) is 3.25. The zero-order valence-corrected chi connectivity index (χ0v) is 16.9. The summed E-state index contributed by atoms with van der Waals surface area (Å²) in [5, 5.41) is 9.48. The number of pyridine rings is 1. The molecule has 2 aliphatic rings. The highest BCUT2D eigenvalue weighted by molar-refractivity contribution is 6.33. The van der Waals surface area contributed by atoms with Crippen LogP contribution in [0.4, 0.5) is 10.5 Å². The highest BCUT2D eigenvalue weighted by Gasteiger charge is 2.23. The molecule has 0 spiro atoms. The molecule has 0 radical (unpaired) electrons. The number of urea groups is 1. The van der Waals surface area contributed by atoms with Gasteiger partial charge in [-0.2, -0.15) is 0 Å². The second-order valence-electron chi connectivity index (χ2n) is 7.24. The summed E-state index contributed by atoms with van der Waals surface area (Å²) in [5.74, 6) is 0.545. The van der Waals surface area contributed by atoms with E-state index in [2.05, 4.69) is 25.9 Å². The van der Waals surface area contributed by atoms with E-state index in [9.17, 15) is 9.59 Å². The van der Waals surface area contributed by atoms with Gasteiger partial charge >= 0.3 is 6.03 Å². The minimum Gasteiger partial charge on any atom is -0.350 e. The van der Waals surface area contributed by atoms with Gasteiger partial charge in [-0.1, -0.05) is 11.6 Å². The first-order valence-electron chi connectivity index (χ1n) is 9.82. The van der Waals surface area contributed by atoms with Crippen LogP contribution in [0.25, 0.3) is 22.6 Å². The molecule has 0 saturated carbocycles. The van der Waals surface area contributed by atoms with E-state index in [4.69, 9.17) is 11.6 Å². The monoisotopic (exact) mass is 425 g/mol. The lowest BCUT2D eigenvalue weighted by molar-refractivity contribution is 0.0956. The van der Waals surface area contributed by atoms with Crippen molar-refractivity contribution >= 4 is 40.4 Å². The number of amides is 3. The predicted molar refractivity (Wildman–Crippen MR) is 114 cm³/mol. The Morgan fingerprint density at radius 3 is 2.80 bits per heavy atom. The molecule has 4 heterocycles. The zero-order chi connectivity index (χ0) is 20.7. The van der Waals surface area contributed by atoms with Gasteiger partial charge in [-0.3, -0.25) is 4.79 Å². The number of carbonyl (C=O) groups excluding carboxylic acids is 2.